The minimum atomic E-state index is -4.70. The predicted octanol–water partition coefficient (Wildman–Crippen LogP) is 1.30. The van der Waals surface area contributed by atoms with Crippen LogP contribution in [0.4, 0.5) is 24.5 Å². The average Bonchev–Trinajstić information content (AvgIpc) is 2.45. The number of nitro benzene ring substituents is 1. The Labute approximate surface area is 122 Å². The van der Waals surface area contributed by atoms with Crippen LogP contribution < -0.4 is 10.6 Å². The molecule has 1 aromatic carbocycles. The van der Waals surface area contributed by atoms with Crippen molar-refractivity contribution in [1.82, 2.24) is 0 Å². The minimum absolute atomic E-state index is 0.0759. The number of nitrogens with zero attached hydrogens (tertiary/aromatic N) is 2. The van der Waals surface area contributed by atoms with Crippen LogP contribution in [0.5, 0.6) is 0 Å². The Morgan fingerprint density at radius 3 is 2.68 bits per heavy atom. The lowest BCUT2D eigenvalue weighted by molar-refractivity contribution is -0.384. The second-order valence-electron chi connectivity index (χ2n) is 4.64. The second kappa shape index (κ2) is 5.79. The molecule has 22 heavy (non-hydrogen) atoms. The van der Waals surface area contributed by atoms with Gasteiger partial charge in [-0.25, -0.2) is 0 Å². The van der Waals surface area contributed by atoms with E-state index in [9.17, 15) is 28.1 Å². The third-order valence-corrected chi connectivity index (χ3v) is 3.27. The summed E-state index contributed by atoms with van der Waals surface area (Å²) >= 11 is 0. The summed E-state index contributed by atoms with van der Waals surface area (Å²) in [6.07, 6.45) is -4.70. The number of carbonyl (C=O) groups is 1. The number of ether oxygens (including phenoxy) is 1. The van der Waals surface area contributed by atoms with Crippen molar-refractivity contribution in [2.45, 2.75) is 12.2 Å². The molecule has 10 heteroatoms. The van der Waals surface area contributed by atoms with Gasteiger partial charge in [0.05, 0.1) is 23.7 Å². The molecular formula is C12H12F3N3O4. The van der Waals surface area contributed by atoms with E-state index in [1.54, 1.807) is 0 Å². The number of primary amides is 1. The standard InChI is InChI=1S/C12H12F3N3O4/c13-12(14,15)7-1-2-8(9(5-7)18(20)21)17-3-4-22-6-10(17)11(16)19/h1-2,5,10H,3-4,6H2,(H2,16,19). The van der Waals surface area contributed by atoms with Crippen LogP contribution in [0, 0.1) is 10.1 Å². The summed E-state index contributed by atoms with van der Waals surface area (Å²) in [5, 5.41) is 11.1. The predicted molar refractivity (Wildman–Crippen MR) is 69.2 cm³/mol. The van der Waals surface area contributed by atoms with Crippen LogP contribution in [-0.2, 0) is 15.7 Å². The smallest absolute Gasteiger partial charge is 0.377 e. The minimum Gasteiger partial charge on any atom is -0.377 e. The van der Waals surface area contributed by atoms with Crippen LogP contribution in [0.2, 0.25) is 0 Å². The quantitative estimate of drug-likeness (QED) is 0.669. The van der Waals surface area contributed by atoms with Crippen LogP contribution in [0.3, 0.4) is 0 Å². The molecule has 1 unspecified atom stereocenters. The van der Waals surface area contributed by atoms with Gasteiger partial charge in [0.2, 0.25) is 5.91 Å². The Kier molecular flexibility index (Phi) is 4.22. The molecule has 1 fully saturated rings. The average molecular weight is 319 g/mol. The monoisotopic (exact) mass is 319 g/mol. The number of nitro groups is 1. The second-order valence-corrected chi connectivity index (χ2v) is 4.64. The van der Waals surface area contributed by atoms with Gasteiger partial charge in [0, 0.05) is 12.6 Å². The first-order valence-electron chi connectivity index (χ1n) is 6.21. The highest BCUT2D eigenvalue weighted by Gasteiger charge is 2.36. The molecule has 0 aliphatic carbocycles. The number of alkyl halides is 3. The maximum atomic E-state index is 12.7. The van der Waals surface area contributed by atoms with Crippen molar-refractivity contribution in [2.75, 3.05) is 24.7 Å². The number of carbonyl (C=O) groups excluding carboxylic acids is 1. The van der Waals surface area contributed by atoms with Crippen LogP contribution in [0.25, 0.3) is 0 Å². The van der Waals surface area contributed by atoms with Gasteiger partial charge in [-0.2, -0.15) is 13.2 Å². The van der Waals surface area contributed by atoms with Crippen molar-refractivity contribution < 1.29 is 27.6 Å². The largest absolute Gasteiger partial charge is 0.416 e. The zero-order chi connectivity index (χ0) is 16.5. The summed E-state index contributed by atoms with van der Waals surface area (Å²) in [6.45, 7) is 0.218. The number of benzene rings is 1. The topological polar surface area (TPSA) is 98.7 Å². The molecule has 1 aliphatic rings. The molecule has 1 aliphatic heterocycles. The molecule has 0 saturated carbocycles. The third-order valence-electron chi connectivity index (χ3n) is 3.27. The van der Waals surface area contributed by atoms with Gasteiger partial charge < -0.3 is 15.4 Å². The maximum Gasteiger partial charge on any atom is 0.416 e. The van der Waals surface area contributed by atoms with Crippen molar-refractivity contribution in [1.29, 1.82) is 0 Å². The molecule has 1 aromatic rings. The number of anilines is 1. The van der Waals surface area contributed by atoms with Gasteiger partial charge in [-0.3, -0.25) is 14.9 Å². The fourth-order valence-corrected chi connectivity index (χ4v) is 2.22. The highest BCUT2D eigenvalue weighted by Crippen LogP contribution is 2.37. The SMILES string of the molecule is NC(=O)C1COCCN1c1ccc(C(F)(F)F)cc1[N+](=O)[O-]. The van der Waals surface area contributed by atoms with Crippen molar-refractivity contribution in [3.63, 3.8) is 0 Å². The first-order valence-corrected chi connectivity index (χ1v) is 6.21. The maximum absolute atomic E-state index is 12.7. The molecule has 0 radical (unpaired) electrons. The zero-order valence-electron chi connectivity index (χ0n) is 11.2. The van der Waals surface area contributed by atoms with Crippen LogP contribution >= 0.6 is 0 Å². The first-order chi connectivity index (χ1) is 10.2. The van der Waals surface area contributed by atoms with E-state index in [4.69, 9.17) is 10.5 Å². The molecule has 7 nitrogen and oxygen atoms in total. The molecule has 0 bridgehead atoms. The van der Waals surface area contributed by atoms with Gasteiger partial charge in [-0.15, -0.1) is 0 Å². The van der Waals surface area contributed by atoms with E-state index in [1.807, 2.05) is 0 Å². The number of morpholine rings is 1. The van der Waals surface area contributed by atoms with Gasteiger partial charge in [0.25, 0.3) is 5.69 Å². The third kappa shape index (κ3) is 3.11. The summed E-state index contributed by atoms with van der Waals surface area (Å²) in [5.74, 6) is -0.770. The molecule has 1 heterocycles. The van der Waals surface area contributed by atoms with Gasteiger partial charge in [-0.1, -0.05) is 0 Å². The van der Waals surface area contributed by atoms with E-state index < -0.39 is 34.3 Å². The van der Waals surface area contributed by atoms with E-state index in [2.05, 4.69) is 0 Å². The number of nitrogens with two attached hydrogens (primary N) is 1. The number of halogens is 3. The van der Waals surface area contributed by atoms with Crippen LogP contribution in [-0.4, -0.2) is 36.6 Å². The van der Waals surface area contributed by atoms with Gasteiger partial charge >= 0.3 is 6.18 Å². The summed E-state index contributed by atoms with van der Waals surface area (Å²) in [6, 6.07) is 1.19. The fraction of sp³-hybridized carbons (Fsp3) is 0.417. The van der Waals surface area contributed by atoms with Gasteiger partial charge in [0.1, 0.15) is 11.7 Å². The molecule has 1 saturated heterocycles. The highest BCUT2D eigenvalue weighted by atomic mass is 19.4. The van der Waals surface area contributed by atoms with Crippen molar-refractivity contribution in [3.8, 4) is 0 Å². The van der Waals surface area contributed by atoms with Crippen molar-refractivity contribution >= 4 is 17.3 Å². The Morgan fingerprint density at radius 1 is 1.45 bits per heavy atom. The molecule has 2 rings (SSSR count). The number of amides is 1. The first kappa shape index (κ1) is 16.0. The Hall–Kier alpha value is -2.36. The van der Waals surface area contributed by atoms with E-state index in [1.165, 1.54) is 4.90 Å². The Balaban J connectivity index is 2.49. The van der Waals surface area contributed by atoms with Crippen LogP contribution in [0.1, 0.15) is 5.56 Å². The Bertz CT molecular complexity index is 606. The van der Waals surface area contributed by atoms with E-state index >= 15 is 0 Å². The summed E-state index contributed by atoms with van der Waals surface area (Å²) in [7, 11) is 0. The molecule has 1 atom stereocenters. The van der Waals surface area contributed by atoms with E-state index in [0.717, 1.165) is 12.1 Å². The number of rotatable bonds is 3. The van der Waals surface area contributed by atoms with E-state index in [0.29, 0.717) is 6.07 Å². The molecule has 0 spiro atoms. The molecule has 0 aromatic heterocycles. The zero-order valence-corrected chi connectivity index (χ0v) is 11.2. The number of hydrogen-bond acceptors (Lipinski definition) is 5. The summed E-state index contributed by atoms with van der Waals surface area (Å²) < 4.78 is 43.1. The lowest BCUT2D eigenvalue weighted by Gasteiger charge is -2.35. The van der Waals surface area contributed by atoms with E-state index in [-0.39, 0.29) is 25.4 Å². The lowest BCUT2D eigenvalue weighted by atomic mass is 10.1. The fourth-order valence-electron chi connectivity index (χ4n) is 2.22. The molecular weight excluding hydrogens is 307 g/mol. The van der Waals surface area contributed by atoms with Gasteiger partial charge in [-0.05, 0) is 12.1 Å². The van der Waals surface area contributed by atoms with Crippen molar-refractivity contribution in [2.24, 2.45) is 5.73 Å². The summed E-state index contributed by atoms with van der Waals surface area (Å²) in [4.78, 5) is 22.9. The number of hydrogen-bond donors (Lipinski definition) is 1. The highest BCUT2D eigenvalue weighted by molar-refractivity contribution is 5.85. The molecule has 2 N–H and O–H groups in total. The Morgan fingerprint density at radius 2 is 2.14 bits per heavy atom. The van der Waals surface area contributed by atoms with Gasteiger partial charge in [0.15, 0.2) is 0 Å². The van der Waals surface area contributed by atoms with Crippen LogP contribution in [0.15, 0.2) is 18.2 Å². The molecule has 1 amide bonds. The molecule has 120 valence electrons. The summed E-state index contributed by atoms with van der Waals surface area (Å²) in [5.41, 5.74) is 3.25. The normalized spacial score (nSPS) is 19.0. The van der Waals surface area contributed by atoms with Crippen molar-refractivity contribution in [3.05, 3.63) is 33.9 Å². The lowest BCUT2D eigenvalue weighted by Crippen LogP contribution is -2.52.